The van der Waals surface area contributed by atoms with Gasteiger partial charge < -0.3 is 9.47 Å². The summed E-state index contributed by atoms with van der Waals surface area (Å²) >= 11 is 0. The first-order chi connectivity index (χ1) is 8.85. The molecule has 1 unspecified atom stereocenters. The van der Waals surface area contributed by atoms with Gasteiger partial charge >= 0.3 is 0 Å². The molecular formula is C16H22O2. The summed E-state index contributed by atoms with van der Waals surface area (Å²) in [5.41, 5.74) is -0.0190. The maximum Gasteiger partial charge on any atom is 0.119 e. The van der Waals surface area contributed by atoms with Crippen LogP contribution >= 0.6 is 0 Å². The average Bonchev–Trinajstić information content (AvgIpc) is 2.86. The molecule has 0 radical (unpaired) electrons. The third-order valence-electron chi connectivity index (χ3n) is 3.36. The average molecular weight is 246 g/mol. The van der Waals surface area contributed by atoms with E-state index in [0.29, 0.717) is 0 Å². The van der Waals surface area contributed by atoms with Gasteiger partial charge in [0.15, 0.2) is 0 Å². The summed E-state index contributed by atoms with van der Waals surface area (Å²) in [5.74, 6) is 0.949. The van der Waals surface area contributed by atoms with Gasteiger partial charge in [-0.05, 0) is 44.7 Å². The number of ether oxygens (including phenoxy) is 2. The zero-order chi connectivity index (χ0) is 12.7. The minimum Gasteiger partial charge on any atom is -0.494 e. The van der Waals surface area contributed by atoms with E-state index in [1.807, 2.05) is 30.3 Å². The second-order valence-corrected chi connectivity index (χ2v) is 4.78. The second-order valence-electron chi connectivity index (χ2n) is 4.78. The van der Waals surface area contributed by atoms with Crippen molar-refractivity contribution in [1.29, 1.82) is 0 Å². The van der Waals surface area contributed by atoms with Crippen LogP contribution in [0, 0.1) is 0 Å². The molecule has 1 aromatic carbocycles. The Morgan fingerprint density at radius 2 is 2.17 bits per heavy atom. The van der Waals surface area contributed by atoms with Crippen LogP contribution < -0.4 is 4.74 Å². The van der Waals surface area contributed by atoms with Crippen LogP contribution in [0.1, 0.15) is 32.6 Å². The first kappa shape index (κ1) is 13.2. The molecule has 0 bridgehead atoms. The predicted octanol–water partition coefficient (Wildman–Crippen LogP) is 3.97. The molecule has 0 amide bonds. The molecule has 2 nitrogen and oxygen atoms in total. The molecule has 1 aliphatic heterocycles. The molecule has 0 saturated carbocycles. The lowest BCUT2D eigenvalue weighted by Crippen LogP contribution is -2.25. The lowest BCUT2D eigenvalue weighted by Gasteiger charge is -2.24. The Bertz CT molecular complexity index is 364. The summed E-state index contributed by atoms with van der Waals surface area (Å²) < 4.78 is 11.6. The summed E-state index contributed by atoms with van der Waals surface area (Å²) in [6.45, 7) is 3.71. The van der Waals surface area contributed by atoms with E-state index < -0.39 is 0 Å². The second kappa shape index (κ2) is 6.60. The highest BCUT2D eigenvalue weighted by Crippen LogP contribution is 2.31. The van der Waals surface area contributed by atoms with Crippen molar-refractivity contribution in [1.82, 2.24) is 0 Å². The van der Waals surface area contributed by atoms with Gasteiger partial charge in [-0.3, -0.25) is 0 Å². The van der Waals surface area contributed by atoms with E-state index in [0.717, 1.165) is 38.2 Å². The number of benzene rings is 1. The van der Waals surface area contributed by atoms with E-state index in [2.05, 4.69) is 19.1 Å². The van der Waals surface area contributed by atoms with Crippen LogP contribution in [0.25, 0.3) is 0 Å². The summed E-state index contributed by atoms with van der Waals surface area (Å²) in [6, 6.07) is 9.98. The molecule has 0 aromatic heterocycles. The third-order valence-corrected chi connectivity index (χ3v) is 3.36. The van der Waals surface area contributed by atoms with Crippen LogP contribution in [-0.4, -0.2) is 18.8 Å². The number of rotatable bonds is 6. The Kier molecular flexibility index (Phi) is 4.82. The molecule has 0 N–H and O–H groups in total. The van der Waals surface area contributed by atoms with E-state index in [1.165, 1.54) is 6.42 Å². The van der Waals surface area contributed by atoms with Crippen molar-refractivity contribution < 1.29 is 9.47 Å². The Balaban J connectivity index is 1.74. The van der Waals surface area contributed by atoms with Crippen molar-refractivity contribution in [3.63, 3.8) is 0 Å². The Morgan fingerprint density at radius 1 is 1.33 bits per heavy atom. The van der Waals surface area contributed by atoms with Gasteiger partial charge in [-0.15, -0.1) is 0 Å². The van der Waals surface area contributed by atoms with E-state index >= 15 is 0 Å². The lowest BCUT2D eigenvalue weighted by atomic mass is 9.94. The Hall–Kier alpha value is -1.28. The van der Waals surface area contributed by atoms with Crippen LogP contribution in [0.3, 0.4) is 0 Å². The lowest BCUT2D eigenvalue weighted by molar-refractivity contribution is 0.0336. The standard InChI is InChI=1S/C16H22O2/c1-2-10-16(12-7-14-18-16)11-6-13-17-15-8-4-3-5-9-15/h2-5,8-10H,6-7,11-14H2,1H3/b10-2+. The Labute approximate surface area is 110 Å². The van der Waals surface area contributed by atoms with Gasteiger partial charge in [0, 0.05) is 6.61 Å². The Morgan fingerprint density at radius 3 is 2.83 bits per heavy atom. The third kappa shape index (κ3) is 3.61. The maximum atomic E-state index is 5.89. The van der Waals surface area contributed by atoms with Gasteiger partial charge in [-0.25, -0.2) is 0 Å². The molecule has 1 saturated heterocycles. The predicted molar refractivity (Wildman–Crippen MR) is 73.9 cm³/mol. The number of allylic oxidation sites excluding steroid dienone is 1. The van der Waals surface area contributed by atoms with E-state index in [9.17, 15) is 0 Å². The van der Waals surface area contributed by atoms with Gasteiger partial charge in [0.25, 0.3) is 0 Å². The smallest absolute Gasteiger partial charge is 0.119 e. The van der Waals surface area contributed by atoms with E-state index in [1.54, 1.807) is 0 Å². The normalized spacial score (nSPS) is 23.6. The maximum absolute atomic E-state index is 5.89. The zero-order valence-corrected chi connectivity index (χ0v) is 11.1. The monoisotopic (exact) mass is 246 g/mol. The zero-order valence-electron chi connectivity index (χ0n) is 11.1. The number of hydrogen-bond acceptors (Lipinski definition) is 2. The molecule has 0 spiro atoms. The quantitative estimate of drug-likeness (QED) is 0.558. The highest BCUT2D eigenvalue weighted by Gasteiger charge is 2.31. The molecule has 18 heavy (non-hydrogen) atoms. The molecule has 1 fully saturated rings. The first-order valence-corrected chi connectivity index (χ1v) is 6.80. The van der Waals surface area contributed by atoms with Gasteiger partial charge in [-0.1, -0.05) is 30.4 Å². The minimum atomic E-state index is -0.0190. The molecule has 2 heteroatoms. The SMILES string of the molecule is C/C=C/C1(CCCOc2ccccc2)CCCO1. The highest BCUT2D eigenvalue weighted by molar-refractivity contribution is 5.20. The molecule has 1 heterocycles. The topological polar surface area (TPSA) is 18.5 Å². The van der Waals surface area contributed by atoms with Crippen LogP contribution in [0.5, 0.6) is 5.75 Å². The van der Waals surface area contributed by atoms with Crippen LogP contribution in [0.4, 0.5) is 0 Å². The highest BCUT2D eigenvalue weighted by atomic mass is 16.5. The number of para-hydroxylation sites is 1. The van der Waals surface area contributed by atoms with Crippen molar-refractivity contribution >= 4 is 0 Å². The van der Waals surface area contributed by atoms with Crippen LogP contribution in [-0.2, 0) is 4.74 Å². The van der Waals surface area contributed by atoms with Crippen molar-refractivity contribution in [3.8, 4) is 5.75 Å². The molecular weight excluding hydrogens is 224 g/mol. The van der Waals surface area contributed by atoms with Crippen LogP contribution in [0.2, 0.25) is 0 Å². The molecule has 2 rings (SSSR count). The summed E-state index contributed by atoms with van der Waals surface area (Å²) in [7, 11) is 0. The van der Waals surface area contributed by atoms with Gasteiger partial charge in [-0.2, -0.15) is 0 Å². The fraction of sp³-hybridized carbons (Fsp3) is 0.500. The van der Waals surface area contributed by atoms with Crippen molar-refractivity contribution in [2.24, 2.45) is 0 Å². The summed E-state index contributed by atoms with van der Waals surface area (Å²) in [5, 5.41) is 0. The molecule has 0 aliphatic carbocycles. The molecule has 1 aromatic rings. The van der Waals surface area contributed by atoms with Crippen molar-refractivity contribution in [3.05, 3.63) is 42.5 Å². The largest absolute Gasteiger partial charge is 0.494 e. The van der Waals surface area contributed by atoms with Crippen molar-refractivity contribution in [2.75, 3.05) is 13.2 Å². The van der Waals surface area contributed by atoms with Gasteiger partial charge in [0.1, 0.15) is 5.75 Å². The van der Waals surface area contributed by atoms with E-state index in [-0.39, 0.29) is 5.60 Å². The van der Waals surface area contributed by atoms with Crippen molar-refractivity contribution in [2.45, 2.75) is 38.2 Å². The minimum absolute atomic E-state index is 0.0190. The first-order valence-electron chi connectivity index (χ1n) is 6.80. The van der Waals surface area contributed by atoms with E-state index in [4.69, 9.17) is 9.47 Å². The molecule has 98 valence electrons. The van der Waals surface area contributed by atoms with Gasteiger partial charge in [0.2, 0.25) is 0 Å². The van der Waals surface area contributed by atoms with Crippen LogP contribution in [0.15, 0.2) is 42.5 Å². The molecule has 1 atom stereocenters. The number of hydrogen-bond donors (Lipinski definition) is 0. The fourth-order valence-electron chi connectivity index (χ4n) is 2.51. The summed E-state index contributed by atoms with van der Waals surface area (Å²) in [4.78, 5) is 0. The molecule has 1 aliphatic rings. The van der Waals surface area contributed by atoms with Gasteiger partial charge in [0.05, 0.1) is 12.2 Å². The fourth-order valence-corrected chi connectivity index (χ4v) is 2.51. The summed E-state index contributed by atoms with van der Waals surface area (Å²) in [6.07, 6.45) is 8.70.